The zero-order valence-electron chi connectivity index (χ0n) is 18.6. The molecule has 0 amide bonds. The van der Waals surface area contributed by atoms with Crippen molar-refractivity contribution in [2.24, 2.45) is 5.92 Å². The molecule has 2 heterocycles. The Labute approximate surface area is 192 Å². The number of rotatable bonds is 6. The molecule has 6 nitrogen and oxygen atoms in total. The maximum atomic E-state index is 14.5. The predicted octanol–water partition coefficient (Wildman–Crippen LogP) is 4.80. The smallest absolute Gasteiger partial charge is 0.263 e. The molecule has 2 aromatic carbocycles. The summed E-state index contributed by atoms with van der Waals surface area (Å²) >= 11 is 0. The summed E-state index contributed by atoms with van der Waals surface area (Å²) in [7, 11) is 0. The lowest BCUT2D eigenvalue weighted by atomic mass is 10.1. The van der Waals surface area contributed by atoms with Crippen LogP contribution >= 0.6 is 0 Å². The van der Waals surface area contributed by atoms with Gasteiger partial charge in [0.2, 0.25) is 5.69 Å². The molecule has 168 valence electrons. The zero-order chi connectivity index (χ0) is 22.9. The summed E-state index contributed by atoms with van der Waals surface area (Å²) in [6.45, 7) is 11.5. The summed E-state index contributed by atoms with van der Waals surface area (Å²) in [5.41, 5.74) is 2.69. The van der Waals surface area contributed by atoms with Gasteiger partial charge in [0, 0.05) is 12.1 Å². The highest BCUT2D eigenvalue weighted by atomic mass is 19.1. The first-order chi connectivity index (χ1) is 16.0. The first-order valence-electron chi connectivity index (χ1n) is 11.4. The zero-order valence-corrected chi connectivity index (χ0v) is 18.6. The Morgan fingerprint density at radius 1 is 1.21 bits per heavy atom. The Balaban J connectivity index is 1.61. The van der Waals surface area contributed by atoms with Gasteiger partial charge in [-0.25, -0.2) is 14.2 Å². The molecule has 33 heavy (non-hydrogen) atoms. The molecule has 1 atom stereocenters. The van der Waals surface area contributed by atoms with E-state index in [9.17, 15) is 9.18 Å². The van der Waals surface area contributed by atoms with Gasteiger partial charge in [-0.15, -0.1) is 0 Å². The molecular formula is C26H26FN5O. The minimum absolute atomic E-state index is 0.0550. The van der Waals surface area contributed by atoms with Crippen molar-refractivity contribution in [1.29, 1.82) is 0 Å². The van der Waals surface area contributed by atoms with Crippen molar-refractivity contribution in [3.8, 4) is 17.1 Å². The van der Waals surface area contributed by atoms with Crippen LogP contribution in [-0.2, 0) is 0 Å². The van der Waals surface area contributed by atoms with Gasteiger partial charge in [-0.1, -0.05) is 24.3 Å². The molecule has 1 aromatic heterocycles. The van der Waals surface area contributed by atoms with Gasteiger partial charge < -0.3 is 10.6 Å². The van der Waals surface area contributed by atoms with E-state index in [1.807, 2.05) is 12.1 Å². The molecule has 3 aromatic rings. The monoisotopic (exact) mass is 443 g/mol. The molecule has 0 spiro atoms. The van der Waals surface area contributed by atoms with E-state index in [4.69, 9.17) is 11.6 Å². The van der Waals surface area contributed by atoms with E-state index >= 15 is 0 Å². The molecule has 5 rings (SSSR count). The first kappa shape index (κ1) is 21.4. The number of aromatic nitrogens is 2. The van der Waals surface area contributed by atoms with Crippen molar-refractivity contribution in [1.82, 2.24) is 14.9 Å². The van der Waals surface area contributed by atoms with Crippen molar-refractivity contribution >= 4 is 11.5 Å². The molecule has 0 radical (unpaired) electrons. The maximum absolute atomic E-state index is 14.5. The Bertz CT molecular complexity index is 1280. The molecule has 1 saturated carbocycles. The average Bonchev–Trinajstić information content (AvgIpc) is 3.55. The number of nitrogens with one attached hydrogen (secondary N) is 2. The molecule has 0 unspecified atom stereocenters. The van der Waals surface area contributed by atoms with Gasteiger partial charge >= 0.3 is 0 Å². The van der Waals surface area contributed by atoms with E-state index in [2.05, 4.69) is 27.6 Å². The summed E-state index contributed by atoms with van der Waals surface area (Å²) < 4.78 is 16.0. The normalized spacial score (nSPS) is 17.7. The van der Waals surface area contributed by atoms with E-state index < -0.39 is 5.82 Å². The van der Waals surface area contributed by atoms with Crippen LogP contribution in [0.2, 0.25) is 0 Å². The lowest BCUT2D eigenvalue weighted by Crippen LogP contribution is -2.27. The number of anilines is 1. The molecular weight excluding hydrogens is 417 g/mol. The Hall–Kier alpha value is -3.50. The summed E-state index contributed by atoms with van der Waals surface area (Å²) in [4.78, 5) is 21.6. The quantitative estimate of drug-likeness (QED) is 0.538. The van der Waals surface area contributed by atoms with Crippen LogP contribution in [0.1, 0.15) is 36.3 Å². The van der Waals surface area contributed by atoms with Gasteiger partial charge in [0.15, 0.2) is 0 Å². The molecule has 1 saturated heterocycles. The van der Waals surface area contributed by atoms with Crippen LogP contribution in [0.15, 0.2) is 47.3 Å². The van der Waals surface area contributed by atoms with Crippen LogP contribution < -0.4 is 16.2 Å². The third-order valence-corrected chi connectivity index (χ3v) is 6.56. The van der Waals surface area contributed by atoms with Crippen molar-refractivity contribution in [3.05, 3.63) is 81.2 Å². The fraction of sp³-hybridized carbons (Fsp3) is 0.346. The van der Waals surface area contributed by atoms with Crippen LogP contribution in [0.4, 0.5) is 15.9 Å². The summed E-state index contributed by atoms with van der Waals surface area (Å²) in [5, 5.41) is 6.69. The summed E-state index contributed by atoms with van der Waals surface area (Å²) in [5.74, 6) is 1.33. The largest absolute Gasteiger partial charge is 0.369 e. The predicted molar refractivity (Wildman–Crippen MR) is 128 cm³/mol. The Morgan fingerprint density at radius 3 is 2.64 bits per heavy atom. The van der Waals surface area contributed by atoms with E-state index in [0.29, 0.717) is 46.8 Å². The molecule has 2 fully saturated rings. The fourth-order valence-electron chi connectivity index (χ4n) is 4.39. The second-order valence-electron chi connectivity index (χ2n) is 8.93. The molecule has 1 aliphatic heterocycles. The minimum Gasteiger partial charge on any atom is -0.369 e. The number of benzene rings is 2. The van der Waals surface area contributed by atoms with Gasteiger partial charge in [0.05, 0.1) is 17.8 Å². The van der Waals surface area contributed by atoms with Crippen LogP contribution in [0, 0.1) is 25.2 Å². The van der Waals surface area contributed by atoms with Gasteiger partial charge in [0.25, 0.3) is 5.56 Å². The topological polar surface area (TPSA) is 63.3 Å². The van der Waals surface area contributed by atoms with Crippen molar-refractivity contribution in [2.75, 3.05) is 25.0 Å². The maximum Gasteiger partial charge on any atom is 0.263 e. The molecule has 1 aliphatic carbocycles. The highest BCUT2D eigenvalue weighted by Gasteiger charge is 2.24. The number of halogens is 1. The van der Waals surface area contributed by atoms with Crippen LogP contribution in [-0.4, -0.2) is 29.2 Å². The lowest BCUT2D eigenvalue weighted by Gasteiger charge is -2.18. The van der Waals surface area contributed by atoms with Crippen LogP contribution in [0.5, 0.6) is 0 Å². The Kier molecular flexibility index (Phi) is 5.69. The molecule has 0 bridgehead atoms. The second-order valence-corrected chi connectivity index (χ2v) is 8.93. The number of nitrogens with zero attached hydrogens (tertiary/aromatic N) is 3. The van der Waals surface area contributed by atoms with Crippen molar-refractivity contribution < 1.29 is 4.39 Å². The van der Waals surface area contributed by atoms with Gasteiger partial charge in [-0.2, -0.15) is 0 Å². The summed E-state index contributed by atoms with van der Waals surface area (Å²) in [6.07, 6.45) is 3.48. The van der Waals surface area contributed by atoms with Crippen molar-refractivity contribution in [3.63, 3.8) is 0 Å². The molecule has 2 aliphatic rings. The Morgan fingerprint density at radius 2 is 2.00 bits per heavy atom. The SMILES string of the molecule is [C-]#[N+]c1ccc(-c2nc(NC[C@@H]3CCNC3)c(C)c(=O)n2-c2ccc(C3CC3)cc2)cc1F. The third kappa shape index (κ3) is 4.27. The minimum atomic E-state index is -0.625. The van der Waals surface area contributed by atoms with E-state index in [0.717, 1.165) is 19.5 Å². The van der Waals surface area contributed by atoms with Gasteiger partial charge in [0.1, 0.15) is 17.5 Å². The van der Waals surface area contributed by atoms with E-state index in [1.165, 1.54) is 30.5 Å². The van der Waals surface area contributed by atoms with Gasteiger partial charge in [-0.05, 0) is 74.9 Å². The molecule has 2 N–H and O–H groups in total. The second kappa shape index (κ2) is 8.80. The average molecular weight is 444 g/mol. The lowest BCUT2D eigenvalue weighted by molar-refractivity contribution is 0.613. The highest BCUT2D eigenvalue weighted by Crippen LogP contribution is 2.40. The van der Waals surface area contributed by atoms with E-state index in [-0.39, 0.29) is 11.2 Å². The first-order valence-corrected chi connectivity index (χ1v) is 11.4. The fourth-order valence-corrected chi connectivity index (χ4v) is 4.39. The summed E-state index contributed by atoms with van der Waals surface area (Å²) in [6, 6.07) is 12.3. The number of hydrogen-bond acceptors (Lipinski definition) is 4. The van der Waals surface area contributed by atoms with Crippen molar-refractivity contribution in [2.45, 2.75) is 32.1 Å². The number of hydrogen-bond donors (Lipinski definition) is 2. The standard InChI is InChI=1S/C26H26FN5O/c1-16-24(30-15-17-11-12-29-14-17)31-25(20-7-10-23(28-2)22(27)13-20)32(26(16)33)21-8-5-19(6-9-21)18-3-4-18/h5-10,13,17-18,29-30H,3-4,11-12,14-15H2,1H3/t17-/m1/s1. The van der Waals surface area contributed by atoms with Crippen LogP contribution in [0.25, 0.3) is 21.9 Å². The van der Waals surface area contributed by atoms with E-state index in [1.54, 1.807) is 17.6 Å². The molecule has 7 heteroatoms. The van der Waals surface area contributed by atoms with Crippen LogP contribution in [0.3, 0.4) is 0 Å². The highest BCUT2D eigenvalue weighted by molar-refractivity contribution is 5.65. The van der Waals surface area contributed by atoms with Gasteiger partial charge in [-0.3, -0.25) is 9.36 Å². The third-order valence-electron chi connectivity index (χ3n) is 6.56.